The highest BCUT2D eigenvalue weighted by molar-refractivity contribution is 5.41. The van der Waals surface area contributed by atoms with E-state index in [1.165, 1.54) is 19.3 Å². The van der Waals surface area contributed by atoms with Gasteiger partial charge < -0.3 is 14.6 Å². The topological polar surface area (TPSA) is 38.7 Å². The Bertz CT molecular complexity index is 383. The van der Waals surface area contributed by atoms with E-state index < -0.39 is 6.10 Å². The summed E-state index contributed by atoms with van der Waals surface area (Å²) in [6.07, 6.45) is 5.47. The van der Waals surface area contributed by atoms with Crippen LogP contribution in [0.3, 0.4) is 0 Å². The monoisotopic (exact) mass is 250 g/mol. The van der Waals surface area contributed by atoms with Crippen LogP contribution < -0.4 is 9.47 Å². The second-order valence-corrected chi connectivity index (χ2v) is 4.95. The maximum Gasteiger partial charge on any atom is 0.124 e. The zero-order valence-corrected chi connectivity index (χ0v) is 11.2. The van der Waals surface area contributed by atoms with E-state index in [1.54, 1.807) is 14.2 Å². The zero-order valence-electron chi connectivity index (χ0n) is 11.2. The molecule has 3 nitrogen and oxygen atoms in total. The standard InChI is InChI=1S/C15H22O3/c1-17-12-8-9-14(18-2)13(10-12)15(16)11-6-4-3-5-7-11/h8-11,15-16H,3-7H2,1-2H3. The molecular weight excluding hydrogens is 228 g/mol. The van der Waals surface area contributed by atoms with Crippen molar-refractivity contribution in [2.75, 3.05) is 14.2 Å². The third kappa shape index (κ3) is 2.78. The molecule has 100 valence electrons. The molecule has 1 aliphatic carbocycles. The van der Waals surface area contributed by atoms with E-state index in [0.717, 1.165) is 29.9 Å². The first-order valence-corrected chi connectivity index (χ1v) is 6.66. The van der Waals surface area contributed by atoms with Crippen LogP contribution in [0.25, 0.3) is 0 Å². The molecule has 1 aromatic rings. The Kier molecular flexibility index (Phi) is 4.48. The first-order valence-electron chi connectivity index (χ1n) is 6.66. The van der Waals surface area contributed by atoms with Crippen LogP contribution in [-0.4, -0.2) is 19.3 Å². The number of benzene rings is 1. The Morgan fingerprint density at radius 1 is 1.11 bits per heavy atom. The minimum Gasteiger partial charge on any atom is -0.497 e. The van der Waals surface area contributed by atoms with E-state index in [2.05, 4.69) is 0 Å². The van der Waals surface area contributed by atoms with Crippen LogP contribution in [0.1, 0.15) is 43.8 Å². The molecule has 0 aromatic heterocycles. The summed E-state index contributed by atoms with van der Waals surface area (Å²) in [5.74, 6) is 1.86. The Balaban J connectivity index is 2.23. The molecule has 0 heterocycles. The van der Waals surface area contributed by atoms with Gasteiger partial charge in [0.15, 0.2) is 0 Å². The molecule has 3 heteroatoms. The average molecular weight is 250 g/mol. The van der Waals surface area contributed by atoms with Crippen LogP contribution in [-0.2, 0) is 0 Å². The zero-order chi connectivity index (χ0) is 13.0. The smallest absolute Gasteiger partial charge is 0.124 e. The fourth-order valence-electron chi connectivity index (χ4n) is 2.77. The predicted molar refractivity (Wildman–Crippen MR) is 71.1 cm³/mol. The summed E-state index contributed by atoms with van der Waals surface area (Å²) in [6, 6.07) is 5.61. The quantitative estimate of drug-likeness (QED) is 0.891. The van der Waals surface area contributed by atoms with Gasteiger partial charge in [0.25, 0.3) is 0 Å². The van der Waals surface area contributed by atoms with Crippen LogP contribution >= 0.6 is 0 Å². The van der Waals surface area contributed by atoms with Crippen LogP contribution in [0.5, 0.6) is 11.5 Å². The van der Waals surface area contributed by atoms with E-state index in [0.29, 0.717) is 5.92 Å². The lowest BCUT2D eigenvalue weighted by Crippen LogP contribution is -2.16. The Morgan fingerprint density at radius 2 is 1.83 bits per heavy atom. The van der Waals surface area contributed by atoms with Gasteiger partial charge in [-0.25, -0.2) is 0 Å². The van der Waals surface area contributed by atoms with E-state index in [-0.39, 0.29) is 0 Å². The first-order chi connectivity index (χ1) is 8.76. The molecule has 1 N–H and O–H groups in total. The summed E-state index contributed by atoms with van der Waals surface area (Å²) >= 11 is 0. The van der Waals surface area contributed by atoms with Crippen molar-refractivity contribution in [2.24, 2.45) is 5.92 Å². The second-order valence-electron chi connectivity index (χ2n) is 4.95. The minimum absolute atomic E-state index is 0.347. The average Bonchev–Trinajstić information content (AvgIpc) is 2.46. The van der Waals surface area contributed by atoms with Gasteiger partial charge in [0, 0.05) is 5.56 Å². The van der Waals surface area contributed by atoms with E-state index in [4.69, 9.17) is 9.47 Å². The molecular formula is C15H22O3. The fourth-order valence-corrected chi connectivity index (χ4v) is 2.77. The van der Waals surface area contributed by atoms with Gasteiger partial charge in [-0.1, -0.05) is 19.3 Å². The molecule has 0 radical (unpaired) electrons. The SMILES string of the molecule is COc1ccc(OC)c(C(O)C2CCCCC2)c1. The highest BCUT2D eigenvalue weighted by atomic mass is 16.5. The maximum atomic E-state index is 10.5. The van der Waals surface area contributed by atoms with Crippen molar-refractivity contribution in [3.63, 3.8) is 0 Å². The molecule has 1 aromatic carbocycles. The highest BCUT2D eigenvalue weighted by Gasteiger charge is 2.25. The molecule has 1 aliphatic rings. The number of hydrogen-bond acceptors (Lipinski definition) is 3. The van der Waals surface area contributed by atoms with Gasteiger partial charge in [0.1, 0.15) is 11.5 Å². The minimum atomic E-state index is -0.449. The van der Waals surface area contributed by atoms with Crippen LogP contribution in [0.4, 0.5) is 0 Å². The van der Waals surface area contributed by atoms with Crippen molar-refractivity contribution in [1.82, 2.24) is 0 Å². The molecule has 1 atom stereocenters. The van der Waals surface area contributed by atoms with Crippen LogP contribution in [0, 0.1) is 5.92 Å². The van der Waals surface area contributed by atoms with Crippen molar-refractivity contribution in [3.05, 3.63) is 23.8 Å². The largest absolute Gasteiger partial charge is 0.497 e. The third-order valence-corrected chi connectivity index (χ3v) is 3.85. The van der Waals surface area contributed by atoms with Crippen molar-refractivity contribution < 1.29 is 14.6 Å². The van der Waals surface area contributed by atoms with Crippen molar-refractivity contribution in [3.8, 4) is 11.5 Å². The van der Waals surface area contributed by atoms with Crippen molar-refractivity contribution in [2.45, 2.75) is 38.2 Å². The fraction of sp³-hybridized carbons (Fsp3) is 0.600. The van der Waals surface area contributed by atoms with Gasteiger partial charge in [-0.3, -0.25) is 0 Å². The summed E-state index contributed by atoms with van der Waals surface area (Å²) in [4.78, 5) is 0. The van der Waals surface area contributed by atoms with Gasteiger partial charge in [-0.15, -0.1) is 0 Å². The number of aliphatic hydroxyl groups excluding tert-OH is 1. The first kappa shape index (κ1) is 13.2. The Labute approximate surface area is 109 Å². The lowest BCUT2D eigenvalue weighted by molar-refractivity contribution is 0.0822. The van der Waals surface area contributed by atoms with Gasteiger partial charge in [0.05, 0.1) is 20.3 Å². The Hall–Kier alpha value is -1.22. The predicted octanol–water partition coefficient (Wildman–Crippen LogP) is 3.32. The molecule has 1 fully saturated rings. The number of aliphatic hydroxyl groups is 1. The summed E-state index contributed by atoms with van der Waals surface area (Å²) < 4.78 is 10.6. The molecule has 0 amide bonds. The molecule has 18 heavy (non-hydrogen) atoms. The Morgan fingerprint density at radius 3 is 2.44 bits per heavy atom. The van der Waals surface area contributed by atoms with Crippen LogP contribution in [0.2, 0.25) is 0 Å². The van der Waals surface area contributed by atoms with E-state index >= 15 is 0 Å². The summed E-state index contributed by atoms with van der Waals surface area (Å²) in [5, 5.41) is 10.5. The maximum absolute atomic E-state index is 10.5. The van der Waals surface area contributed by atoms with E-state index in [9.17, 15) is 5.11 Å². The second kappa shape index (κ2) is 6.10. The van der Waals surface area contributed by atoms with Gasteiger partial charge in [0.2, 0.25) is 0 Å². The van der Waals surface area contributed by atoms with Crippen molar-refractivity contribution >= 4 is 0 Å². The lowest BCUT2D eigenvalue weighted by Gasteiger charge is -2.27. The van der Waals surface area contributed by atoms with Crippen molar-refractivity contribution in [1.29, 1.82) is 0 Å². The summed E-state index contributed by atoms with van der Waals surface area (Å²) in [6.45, 7) is 0. The number of hydrogen-bond donors (Lipinski definition) is 1. The normalized spacial score (nSPS) is 18.4. The van der Waals surface area contributed by atoms with Gasteiger partial charge >= 0.3 is 0 Å². The number of rotatable bonds is 4. The molecule has 0 aliphatic heterocycles. The summed E-state index contributed by atoms with van der Waals surface area (Å²) in [7, 11) is 3.28. The third-order valence-electron chi connectivity index (χ3n) is 3.85. The molecule has 1 unspecified atom stereocenters. The van der Waals surface area contributed by atoms with Gasteiger partial charge in [-0.2, -0.15) is 0 Å². The molecule has 1 saturated carbocycles. The number of methoxy groups -OCH3 is 2. The molecule has 0 bridgehead atoms. The molecule has 0 spiro atoms. The highest BCUT2D eigenvalue weighted by Crippen LogP contribution is 2.39. The van der Waals surface area contributed by atoms with Gasteiger partial charge in [-0.05, 0) is 37.0 Å². The number of ether oxygens (including phenoxy) is 2. The molecule has 2 rings (SSSR count). The summed E-state index contributed by atoms with van der Waals surface area (Å²) in [5.41, 5.74) is 0.851. The molecule has 0 saturated heterocycles. The van der Waals surface area contributed by atoms with E-state index in [1.807, 2.05) is 18.2 Å². The van der Waals surface area contributed by atoms with Crippen LogP contribution in [0.15, 0.2) is 18.2 Å². The lowest BCUT2D eigenvalue weighted by atomic mass is 9.82.